The minimum atomic E-state index is -0.101. The van der Waals surface area contributed by atoms with E-state index >= 15 is 0 Å². The van der Waals surface area contributed by atoms with Crippen LogP contribution in [0, 0.1) is 5.92 Å². The molecule has 0 saturated carbocycles. The summed E-state index contributed by atoms with van der Waals surface area (Å²) >= 11 is 0. The van der Waals surface area contributed by atoms with Crippen molar-refractivity contribution in [1.29, 1.82) is 0 Å². The van der Waals surface area contributed by atoms with Gasteiger partial charge in [-0.15, -0.1) is 0 Å². The molecule has 5 nitrogen and oxygen atoms in total. The van der Waals surface area contributed by atoms with Crippen LogP contribution in [0.4, 0.5) is 11.4 Å². The van der Waals surface area contributed by atoms with Gasteiger partial charge in [0.25, 0.3) is 0 Å². The average Bonchev–Trinajstić information content (AvgIpc) is 3.15. The van der Waals surface area contributed by atoms with Crippen molar-refractivity contribution in [2.24, 2.45) is 5.92 Å². The molecule has 0 N–H and O–H groups in total. The zero-order valence-corrected chi connectivity index (χ0v) is 17.9. The highest BCUT2D eigenvalue weighted by molar-refractivity contribution is 5.71. The van der Waals surface area contributed by atoms with Crippen LogP contribution in [0.5, 0.6) is 0 Å². The number of methoxy groups -OCH3 is 1. The van der Waals surface area contributed by atoms with E-state index in [1.165, 1.54) is 29.6 Å². The molecule has 0 radical (unpaired) electrons. The van der Waals surface area contributed by atoms with Gasteiger partial charge in [-0.05, 0) is 55.0 Å². The summed E-state index contributed by atoms with van der Waals surface area (Å²) in [5, 5.41) is 0. The van der Waals surface area contributed by atoms with Crippen molar-refractivity contribution < 1.29 is 14.3 Å². The van der Waals surface area contributed by atoms with Gasteiger partial charge in [-0.25, -0.2) is 0 Å². The van der Waals surface area contributed by atoms with E-state index in [2.05, 4.69) is 58.3 Å². The van der Waals surface area contributed by atoms with Crippen molar-refractivity contribution in [2.75, 3.05) is 51.4 Å². The van der Waals surface area contributed by atoms with Crippen molar-refractivity contribution in [1.82, 2.24) is 4.90 Å². The van der Waals surface area contributed by atoms with Crippen LogP contribution in [0.15, 0.2) is 48.5 Å². The fraction of sp³-hybridized carbons (Fsp3) is 0.480. The fourth-order valence-corrected chi connectivity index (χ4v) is 4.66. The summed E-state index contributed by atoms with van der Waals surface area (Å²) in [5.41, 5.74) is 5.41. The third-order valence-corrected chi connectivity index (χ3v) is 6.29. The Hall–Kier alpha value is -2.37. The Morgan fingerprint density at radius 3 is 2.27 bits per heavy atom. The van der Waals surface area contributed by atoms with Crippen LogP contribution in [0.25, 0.3) is 0 Å². The molecule has 5 heteroatoms. The number of carbonyl (C=O) groups excluding carboxylic acids is 1. The van der Waals surface area contributed by atoms with Gasteiger partial charge in [0.1, 0.15) is 0 Å². The first kappa shape index (κ1) is 20.9. The van der Waals surface area contributed by atoms with E-state index in [-0.39, 0.29) is 5.97 Å². The van der Waals surface area contributed by atoms with Gasteiger partial charge in [0.05, 0.1) is 20.3 Å². The minimum absolute atomic E-state index is 0.101. The lowest BCUT2D eigenvalue weighted by atomic mass is 10.0. The van der Waals surface area contributed by atoms with Crippen molar-refractivity contribution in [3.05, 3.63) is 59.7 Å². The topological polar surface area (TPSA) is 42.0 Å². The number of nitrogens with zero attached hydrogens (tertiary/aromatic N) is 2. The highest BCUT2D eigenvalue weighted by Crippen LogP contribution is 2.35. The zero-order valence-electron chi connectivity index (χ0n) is 17.9. The molecule has 0 spiro atoms. The van der Waals surface area contributed by atoms with Crippen molar-refractivity contribution in [2.45, 2.75) is 25.7 Å². The highest BCUT2D eigenvalue weighted by atomic mass is 16.5. The van der Waals surface area contributed by atoms with Crippen LogP contribution in [0.1, 0.15) is 24.0 Å². The van der Waals surface area contributed by atoms with Crippen LogP contribution in [0.3, 0.4) is 0 Å². The second kappa shape index (κ2) is 10.1. The van der Waals surface area contributed by atoms with Gasteiger partial charge in [-0.1, -0.05) is 36.4 Å². The summed E-state index contributed by atoms with van der Waals surface area (Å²) in [6.45, 7) is 5.19. The van der Waals surface area contributed by atoms with Gasteiger partial charge in [0.2, 0.25) is 0 Å². The summed E-state index contributed by atoms with van der Waals surface area (Å²) in [5.74, 6) is 0.318. The maximum Gasteiger partial charge on any atom is 0.305 e. The van der Waals surface area contributed by atoms with Crippen LogP contribution in [-0.4, -0.2) is 57.4 Å². The third kappa shape index (κ3) is 5.02. The molecule has 1 unspecified atom stereocenters. The van der Waals surface area contributed by atoms with Crippen molar-refractivity contribution >= 4 is 17.3 Å². The Morgan fingerprint density at radius 2 is 1.60 bits per heavy atom. The Bertz CT molecular complexity index is 806. The molecule has 0 amide bonds. The number of esters is 1. The predicted molar refractivity (Wildman–Crippen MR) is 119 cm³/mol. The Morgan fingerprint density at radius 1 is 0.967 bits per heavy atom. The number of benzene rings is 2. The molecule has 4 rings (SSSR count). The number of hydrogen-bond acceptors (Lipinski definition) is 5. The lowest BCUT2D eigenvalue weighted by molar-refractivity contribution is -0.141. The van der Waals surface area contributed by atoms with Gasteiger partial charge in [-0.2, -0.15) is 0 Å². The fourth-order valence-electron chi connectivity index (χ4n) is 4.66. The zero-order chi connectivity index (χ0) is 20.8. The van der Waals surface area contributed by atoms with E-state index < -0.39 is 0 Å². The molecule has 160 valence electrons. The maximum absolute atomic E-state index is 11.5. The molecule has 0 aliphatic carbocycles. The van der Waals surface area contributed by atoms with Crippen LogP contribution < -0.4 is 4.90 Å². The quantitative estimate of drug-likeness (QED) is 0.491. The monoisotopic (exact) mass is 408 g/mol. The Kier molecular flexibility index (Phi) is 7.03. The largest absolute Gasteiger partial charge is 0.469 e. The van der Waals surface area contributed by atoms with Crippen LogP contribution in [0.2, 0.25) is 0 Å². The Balaban J connectivity index is 1.28. The second-order valence-corrected chi connectivity index (χ2v) is 8.26. The first-order chi connectivity index (χ1) is 14.7. The van der Waals surface area contributed by atoms with Crippen molar-refractivity contribution in [3.63, 3.8) is 0 Å². The number of hydrogen-bond donors (Lipinski definition) is 0. The van der Waals surface area contributed by atoms with Crippen LogP contribution in [-0.2, 0) is 27.1 Å². The normalized spacial score (nSPS) is 18.6. The number of anilines is 2. The molecule has 2 aromatic rings. The second-order valence-electron chi connectivity index (χ2n) is 8.26. The van der Waals surface area contributed by atoms with Gasteiger partial charge in [0, 0.05) is 37.4 Å². The number of likely N-dealkylation sites (tertiary alicyclic amines) is 1. The molecule has 2 aromatic carbocycles. The van der Waals surface area contributed by atoms with E-state index in [9.17, 15) is 4.79 Å². The average molecular weight is 409 g/mol. The summed E-state index contributed by atoms with van der Waals surface area (Å²) in [6, 6.07) is 17.4. The maximum atomic E-state index is 11.5. The number of para-hydroxylation sites is 2. The first-order valence-electron chi connectivity index (χ1n) is 11.0. The van der Waals surface area contributed by atoms with E-state index in [0.717, 1.165) is 52.0 Å². The molecule has 0 aromatic heterocycles. The summed E-state index contributed by atoms with van der Waals surface area (Å²) in [4.78, 5) is 16.3. The number of rotatable bonds is 8. The highest BCUT2D eigenvalue weighted by Gasteiger charge is 2.24. The van der Waals surface area contributed by atoms with Gasteiger partial charge >= 0.3 is 5.97 Å². The van der Waals surface area contributed by atoms with Crippen LogP contribution >= 0.6 is 0 Å². The SMILES string of the molecule is COC(=O)CC1CCN(CCOCCN2c3ccccc3CCc3ccccc32)C1. The Labute approximate surface area is 179 Å². The van der Waals surface area contributed by atoms with Gasteiger partial charge in [-0.3, -0.25) is 4.79 Å². The number of fused-ring (bicyclic) bond motifs is 2. The summed E-state index contributed by atoms with van der Waals surface area (Å²) in [6.07, 6.45) is 3.75. The molecular formula is C25H32N2O3. The molecule has 2 aliphatic rings. The summed E-state index contributed by atoms with van der Waals surface area (Å²) < 4.78 is 10.8. The first-order valence-corrected chi connectivity index (χ1v) is 11.0. The number of carbonyl (C=O) groups is 1. The molecular weight excluding hydrogens is 376 g/mol. The molecule has 1 fully saturated rings. The summed E-state index contributed by atoms with van der Waals surface area (Å²) in [7, 11) is 1.46. The van der Waals surface area contributed by atoms with E-state index in [4.69, 9.17) is 9.47 Å². The predicted octanol–water partition coefficient (Wildman–Crippen LogP) is 3.82. The minimum Gasteiger partial charge on any atom is -0.469 e. The molecule has 1 atom stereocenters. The molecule has 2 heterocycles. The van der Waals surface area contributed by atoms with E-state index in [0.29, 0.717) is 18.9 Å². The number of aryl methyl sites for hydroxylation is 2. The van der Waals surface area contributed by atoms with E-state index in [1.54, 1.807) is 0 Å². The molecule has 0 bridgehead atoms. The van der Waals surface area contributed by atoms with Crippen molar-refractivity contribution in [3.8, 4) is 0 Å². The van der Waals surface area contributed by atoms with Gasteiger partial charge < -0.3 is 19.3 Å². The standard InChI is InChI=1S/C25H32N2O3/c1-29-25(28)18-20-12-13-26(19-20)14-16-30-17-15-27-23-8-4-2-6-21(23)10-11-22-7-3-5-9-24(22)27/h2-9,20H,10-19H2,1H3. The lowest BCUT2D eigenvalue weighted by Crippen LogP contribution is -2.28. The van der Waals surface area contributed by atoms with Gasteiger partial charge in [0.15, 0.2) is 0 Å². The molecule has 30 heavy (non-hydrogen) atoms. The smallest absolute Gasteiger partial charge is 0.305 e. The number of ether oxygens (including phenoxy) is 2. The molecule has 1 saturated heterocycles. The third-order valence-electron chi connectivity index (χ3n) is 6.29. The van der Waals surface area contributed by atoms with E-state index in [1.807, 2.05) is 0 Å². The molecule has 2 aliphatic heterocycles. The lowest BCUT2D eigenvalue weighted by Gasteiger charge is -2.27.